The third-order valence-electron chi connectivity index (χ3n) is 4.18. The number of carboxylic acids is 6. The number of rotatable bonds is 8. The highest BCUT2D eigenvalue weighted by atomic mass is 32.2. The number of benzene rings is 2. The van der Waals surface area contributed by atoms with Crippen molar-refractivity contribution in [2.24, 2.45) is 0 Å². The topological polar surface area (TPSA) is 333 Å². The third kappa shape index (κ3) is 7.07. The highest BCUT2D eigenvalue weighted by Gasteiger charge is 2.28. The summed E-state index contributed by atoms with van der Waals surface area (Å²) in [5.74, 6) is -10.7. The molecule has 2 rings (SSSR count). The number of aromatic carboxylic acids is 6. The first-order valence-corrected chi connectivity index (χ1v) is 11.7. The second-order valence-corrected chi connectivity index (χ2v) is 9.35. The minimum absolute atomic E-state index is 0.282. The summed E-state index contributed by atoms with van der Waals surface area (Å²) >= 11 is 0. The van der Waals surface area contributed by atoms with Crippen LogP contribution >= 0.6 is 0 Å². The quantitative estimate of drug-likeness (QED) is 0.191. The molecule has 2 aromatic carbocycles. The monoisotopic (exact) mass is 580 g/mol. The molecule has 18 nitrogen and oxygen atoms in total. The SMILES string of the molecule is O=C(O)c1cc(C(=O)O)c(S(=O)(=O)O)cc1C(=O)O.O=C(O)c1cc(C(=O)O)c(S(=O)(=O)O)cc1C(=O)O. The van der Waals surface area contributed by atoms with Gasteiger partial charge in [-0.15, -0.1) is 0 Å². The molecular weight excluding hydrogens is 568 g/mol. The van der Waals surface area contributed by atoms with Crippen molar-refractivity contribution in [3.05, 3.63) is 57.6 Å². The van der Waals surface area contributed by atoms with E-state index in [0.29, 0.717) is 12.1 Å². The van der Waals surface area contributed by atoms with Gasteiger partial charge in [-0.2, -0.15) is 16.8 Å². The van der Waals surface area contributed by atoms with E-state index in [1.807, 2.05) is 0 Å². The van der Waals surface area contributed by atoms with Gasteiger partial charge < -0.3 is 30.6 Å². The standard InChI is InChI=1S/2C9H6O9S/c2*10-7(11)3-1-5(9(14)15)6(19(16,17)18)2-4(3)8(12)13/h2*1-2H,(H,10,11)(H,12,13)(H,14,15)(H,16,17,18). The summed E-state index contributed by atoms with van der Waals surface area (Å²) in [5.41, 5.74) is -5.79. The molecule has 0 saturated carbocycles. The summed E-state index contributed by atoms with van der Waals surface area (Å²) in [4.78, 5) is 62.4. The second-order valence-electron chi connectivity index (χ2n) is 6.57. The molecule has 0 aliphatic heterocycles. The van der Waals surface area contributed by atoms with Crippen molar-refractivity contribution >= 4 is 56.1 Å². The zero-order valence-electron chi connectivity index (χ0n) is 17.8. The average molecular weight is 580 g/mol. The first kappa shape index (κ1) is 31.1. The van der Waals surface area contributed by atoms with Gasteiger partial charge in [-0.25, -0.2) is 28.8 Å². The van der Waals surface area contributed by atoms with Crippen LogP contribution in [0.1, 0.15) is 62.1 Å². The van der Waals surface area contributed by atoms with Crippen LogP contribution in [0.3, 0.4) is 0 Å². The molecule has 20 heteroatoms. The van der Waals surface area contributed by atoms with Crippen molar-refractivity contribution in [1.29, 1.82) is 0 Å². The fraction of sp³-hybridized carbons (Fsp3) is 0. The molecule has 8 N–H and O–H groups in total. The summed E-state index contributed by atoms with van der Waals surface area (Å²) in [6, 6.07) is 1.28. The van der Waals surface area contributed by atoms with E-state index in [2.05, 4.69) is 0 Å². The van der Waals surface area contributed by atoms with Crippen molar-refractivity contribution in [3.63, 3.8) is 0 Å². The van der Waals surface area contributed by atoms with E-state index in [1.165, 1.54) is 0 Å². The van der Waals surface area contributed by atoms with Crippen LogP contribution in [0, 0.1) is 0 Å². The molecule has 0 aromatic heterocycles. The molecule has 0 radical (unpaired) electrons. The van der Waals surface area contributed by atoms with Crippen LogP contribution in [0.5, 0.6) is 0 Å². The van der Waals surface area contributed by atoms with E-state index >= 15 is 0 Å². The fourth-order valence-electron chi connectivity index (χ4n) is 2.63. The molecule has 0 spiro atoms. The molecule has 0 saturated heterocycles. The van der Waals surface area contributed by atoms with Crippen molar-refractivity contribution in [2.75, 3.05) is 0 Å². The zero-order valence-corrected chi connectivity index (χ0v) is 19.4. The molecule has 0 heterocycles. The van der Waals surface area contributed by atoms with Crippen molar-refractivity contribution in [3.8, 4) is 0 Å². The van der Waals surface area contributed by atoms with Crippen LogP contribution in [-0.2, 0) is 20.2 Å². The molecule has 0 fully saturated rings. The third-order valence-corrected chi connectivity index (χ3v) is 5.96. The molecule has 0 bridgehead atoms. The first-order chi connectivity index (χ1) is 17.1. The van der Waals surface area contributed by atoms with Crippen molar-refractivity contribution < 1.29 is 85.3 Å². The molecule has 0 unspecified atom stereocenters. The summed E-state index contributed by atoms with van der Waals surface area (Å²) in [7, 11) is -10.0. The Morgan fingerprint density at radius 2 is 0.579 bits per heavy atom. The molecule has 0 aliphatic rings. The molecule has 38 heavy (non-hydrogen) atoms. The van der Waals surface area contributed by atoms with Crippen LogP contribution in [0.25, 0.3) is 0 Å². The Morgan fingerprint density at radius 3 is 0.737 bits per heavy atom. The van der Waals surface area contributed by atoms with Crippen LogP contribution in [0.15, 0.2) is 34.1 Å². The maximum Gasteiger partial charge on any atom is 0.337 e. The average Bonchev–Trinajstić information content (AvgIpc) is 2.75. The van der Waals surface area contributed by atoms with Crippen LogP contribution < -0.4 is 0 Å². The lowest BCUT2D eigenvalue weighted by molar-refractivity contribution is 0.0647. The number of carbonyl (C=O) groups is 6. The molecule has 204 valence electrons. The highest BCUT2D eigenvalue weighted by molar-refractivity contribution is 7.86. The summed E-state index contributed by atoms with van der Waals surface area (Å²) in [6.45, 7) is 0. The Labute approximate surface area is 209 Å². The summed E-state index contributed by atoms with van der Waals surface area (Å²) in [6.07, 6.45) is 0. The first-order valence-electron chi connectivity index (χ1n) is 8.82. The molecule has 0 atom stereocenters. The van der Waals surface area contributed by atoms with E-state index in [4.69, 9.17) is 39.7 Å². The Hall–Kier alpha value is -4.92. The van der Waals surface area contributed by atoms with Crippen LogP contribution in [0.2, 0.25) is 0 Å². The van der Waals surface area contributed by atoms with Gasteiger partial charge >= 0.3 is 35.8 Å². The minimum Gasteiger partial charge on any atom is -0.478 e. The summed E-state index contributed by atoms with van der Waals surface area (Å²) < 4.78 is 61.5. The Morgan fingerprint density at radius 1 is 0.395 bits per heavy atom. The number of hydrogen-bond donors (Lipinski definition) is 8. The van der Waals surface area contributed by atoms with E-state index in [9.17, 15) is 45.6 Å². The number of carboxylic acid groups (broad SMARTS) is 6. The maximum atomic E-state index is 11.0. The lowest BCUT2D eigenvalue weighted by atomic mass is 10.0. The van der Waals surface area contributed by atoms with E-state index in [1.54, 1.807) is 0 Å². The van der Waals surface area contributed by atoms with E-state index < -0.39 is 99.2 Å². The molecule has 0 amide bonds. The van der Waals surface area contributed by atoms with Gasteiger partial charge in [0.15, 0.2) is 0 Å². The Bertz CT molecular complexity index is 1490. The Balaban J connectivity index is 0.000000380. The molecule has 0 aliphatic carbocycles. The highest BCUT2D eigenvalue weighted by Crippen LogP contribution is 2.23. The maximum absolute atomic E-state index is 11.0. The van der Waals surface area contributed by atoms with Crippen LogP contribution in [0.4, 0.5) is 0 Å². The van der Waals surface area contributed by atoms with E-state index in [-0.39, 0.29) is 12.1 Å². The van der Waals surface area contributed by atoms with E-state index in [0.717, 1.165) is 0 Å². The van der Waals surface area contributed by atoms with Crippen molar-refractivity contribution in [1.82, 2.24) is 0 Å². The van der Waals surface area contributed by atoms with Gasteiger partial charge in [0.25, 0.3) is 20.2 Å². The normalized spacial score (nSPS) is 11.0. The van der Waals surface area contributed by atoms with Gasteiger partial charge in [0.2, 0.25) is 0 Å². The molecule has 2 aromatic rings. The van der Waals surface area contributed by atoms with Crippen LogP contribution in [-0.4, -0.2) is 92.4 Å². The van der Waals surface area contributed by atoms with Gasteiger partial charge in [0, 0.05) is 0 Å². The van der Waals surface area contributed by atoms with Gasteiger partial charge in [0.1, 0.15) is 9.79 Å². The van der Waals surface area contributed by atoms with Crippen molar-refractivity contribution in [2.45, 2.75) is 9.79 Å². The largest absolute Gasteiger partial charge is 0.478 e. The fourth-order valence-corrected chi connectivity index (χ4v) is 4.01. The smallest absolute Gasteiger partial charge is 0.337 e. The molecular formula is C18H12O18S2. The van der Waals surface area contributed by atoms with Gasteiger partial charge in [-0.1, -0.05) is 0 Å². The second kappa shape index (κ2) is 11.0. The minimum atomic E-state index is -5.01. The number of hydrogen-bond acceptors (Lipinski definition) is 10. The van der Waals surface area contributed by atoms with Gasteiger partial charge in [-0.3, -0.25) is 9.11 Å². The lowest BCUT2D eigenvalue weighted by Gasteiger charge is -2.07. The van der Waals surface area contributed by atoms with Gasteiger partial charge in [-0.05, 0) is 24.3 Å². The lowest BCUT2D eigenvalue weighted by Crippen LogP contribution is -2.15. The zero-order chi connectivity index (χ0) is 29.9. The summed E-state index contributed by atoms with van der Waals surface area (Å²) in [5, 5.41) is 52.5. The van der Waals surface area contributed by atoms with Gasteiger partial charge in [0.05, 0.1) is 33.4 Å². The predicted molar refractivity (Wildman–Crippen MR) is 114 cm³/mol. The Kier molecular flexibility index (Phi) is 9.00. The predicted octanol–water partition coefficient (Wildman–Crippen LogP) is 0.0558.